The Morgan fingerprint density at radius 1 is 1.23 bits per heavy atom. The van der Waals surface area contributed by atoms with E-state index in [4.69, 9.17) is 5.73 Å². The topological polar surface area (TPSA) is 46.3 Å². The first-order chi connectivity index (χ1) is 14.7. The molecule has 2 bridgehead atoms. The van der Waals surface area contributed by atoms with Crippen LogP contribution in [0.15, 0.2) is 35.2 Å². The van der Waals surface area contributed by atoms with Crippen molar-refractivity contribution in [2.45, 2.75) is 62.6 Å². The zero-order valence-corrected chi connectivity index (χ0v) is 18.8. The zero-order valence-electron chi connectivity index (χ0n) is 18.0. The van der Waals surface area contributed by atoms with E-state index >= 15 is 0 Å². The molecule has 0 aromatic heterocycles. The second-order valence-corrected chi connectivity index (χ2v) is 10.9. The van der Waals surface area contributed by atoms with Crippen molar-refractivity contribution in [1.82, 2.24) is 0 Å². The van der Waals surface area contributed by atoms with Gasteiger partial charge in [-0.3, -0.25) is 4.79 Å². The molecule has 4 aliphatic rings. The van der Waals surface area contributed by atoms with Crippen LogP contribution in [0.1, 0.15) is 54.4 Å². The molecule has 2 aromatic carbocycles. The number of hydrogen-bond donors (Lipinski definition) is 1. The number of primary amides is 1. The minimum absolute atomic E-state index is 0.185. The van der Waals surface area contributed by atoms with Crippen molar-refractivity contribution in [3.63, 3.8) is 0 Å². The van der Waals surface area contributed by atoms with Gasteiger partial charge in [-0.05, 0) is 90.3 Å². The number of benzene rings is 2. The van der Waals surface area contributed by atoms with Crippen molar-refractivity contribution in [3.05, 3.63) is 58.4 Å². The van der Waals surface area contributed by atoms with E-state index in [0.717, 1.165) is 58.1 Å². The molecular formula is C25H28F2N2OS. The molecule has 6 rings (SSSR count). The van der Waals surface area contributed by atoms with Gasteiger partial charge in [0.15, 0.2) is 0 Å². The predicted octanol–water partition coefficient (Wildman–Crippen LogP) is 5.27. The summed E-state index contributed by atoms with van der Waals surface area (Å²) in [5.74, 6) is -0.0817. The van der Waals surface area contributed by atoms with Gasteiger partial charge in [-0.25, -0.2) is 8.78 Å². The number of anilines is 1. The summed E-state index contributed by atoms with van der Waals surface area (Å²) in [6.07, 6.45) is 2.15. The van der Waals surface area contributed by atoms with E-state index < -0.39 is 11.6 Å². The average molecular weight is 443 g/mol. The number of hydrogen-bond acceptors (Lipinski definition) is 3. The van der Waals surface area contributed by atoms with E-state index in [0.29, 0.717) is 19.3 Å². The molecule has 0 radical (unpaired) electrons. The monoisotopic (exact) mass is 442 g/mol. The number of nitrogens with zero attached hydrogens (tertiary/aromatic N) is 1. The van der Waals surface area contributed by atoms with Gasteiger partial charge in [-0.1, -0.05) is 13.0 Å². The number of nitrogens with two attached hydrogens (primary N) is 1. The van der Waals surface area contributed by atoms with Crippen LogP contribution in [-0.4, -0.2) is 23.9 Å². The van der Waals surface area contributed by atoms with Gasteiger partial charge in [0, 0.05) is 23.7 Å². The van der Waals surface area contributed by atoms with Gasteiger partial charge in [0.05, 0.1) is 5.92 Å². The summed E-state index contributed by atoms with van der Waals surface area (Å²) >= 11 is 1.72. The van der Waals surface area contributed by atoms with Gasteiger partial charge >= 0.3 is 0 Å². The van der Waals surface area contributed by atoms with Gasteiger partial charge in [0.1, 0.15) is 11.5 Å². The van der Waals surface area contributed by atoms with E-state index in [1.165, 1.54) is 6.07 Å². The zero-order chi connectivity index (χ0) is 22.0. The largest absolute Gasteiger partial charge is 0.369 e. The van der Waals surface area contributed by atoms with Crippen LogP contribution in [0.3, 0.4) is 0 Å². The molecule has 3 saturated carbocycles. The Morgan fingerprint density at radius 2 is 1.97 bits per heavy atom. The highest BCUT2D eigenvalue weighted by Crippen LogP contribution is 2.74. The van der Waals surface area contributed by atoms with Crippen LogP contribution >= 0.6 is 11.8 Å². The fourth-order valence-corrected chi connectivity index (χ4v) is 7.06. The van der Waals surface area contributed by atoms with Crippen molar-refractivity contribution in [1.29, 1.82) is 0 Å². The molecule has 2 aromatic rings. The Morgan fingerprint density at radius 3 is 2.61 bits per heavy atom. The van der Waals surface area contributed by atoms with Gasteiger partial charge in [-0.2, -0.15) is 0 Å². The van der Waals surface area contributed by atoms with E-state index in [2.05, 4.69) is 24.0 Å². The maximum Gasteiger partial charge on any atom is 0.225 e. The lowest BCUT2D eigenvalue weighted by atomic mass is 9.37. The van der Waals surface area contributed by atoms with E-state index in [-0.39, 0.29) is 17.1 Å². The van der Waals surface area contributed by atoms with E-state index in [1.54, 1.807) is 17.8 Å². The Labute approximate surface area is 186 Å². The van der Waals surface area contributed by atoms with Crippen LogP contribution in [0.4, 0.5) is 14.5 Å². The predicted molar refractivity (Wildman–Crippen MR) is 121 cm³/mol. The third-order valence-electron chi connectivity index (χ3n) is 7.37. The number of amides is 1. The SMILES string of the molecule is CCSc1cc(N2CCc3cc(F)ccc3C2)cc(C)c1C(C(N)=O)C12CC(F)(C1)C2. The highest BCUT2D eigenvalue weighted by molar-refractivity contribution is 7.99. The van der Waals surface area contributed by atoms with Crippen LogP contribution in [0.5, 0.6) is 0 Å². The van der Waals surface area contributed by atoms with Gasteiger partial charge < -0.3 is 10.6 Å². The van der Waals surface area contributed by atoms with Crippen molar-refractivity contribution < 1.29 is 13.6 Å². The van der Waals surface area contributed by atoms with Crippen molar-refractivity contribution >= 4 is 23.4 Å². The molecule has 2 N–H and O–H groups in total. The maximum atomic E-state index is 14.3. The van der Waals surface area contributed by atoms with Gasteiger partial charge in [0.2, 0.25) is 5.91 Å². The number of thioether (sulfide) groups is 1. The molecule has 1 amide bonds. The molecule has 164 valence electrons. The molecule has 1 heterocycles. The molecule has 1 atom stereocenters. The highest BCUT2D eigenvalue weighted by atomic mass is 32.2. The molecule has 0 saturated heterocycles. The number of halogens is 2. The summed E-state index contributed by atoms with van der Waals surface area (Å²) in [6.45, 7) is 5.69. The first-order valence-electron chi connectivity index (χ1n) is 11.0. The number of alkyl halides is 1. The molecule has 31 heavy (non-hydrogen) atoms. The van der Waals surface area contributed by atoms with E-state index in [9.17, 15) is 13.6 Å². The standard InChI is InChI=1S/C25H28F2N2OS/c1-3-31-20-10-19(29-7-6-16-9-18(26)5-4-17(16)11-29)8-15(2)21(20)22(23(28)30)24-12-25(27,13-24)14-24/h4-5,8-10,22H,3,6-7,11-14H2,1-2H3,(H2,28,30). The molecule has 1 unspecified atom stereocenters. The summed E-state index contributed by atoms with van der Waals surface area (Å²) in [7, 11) is 0. The quantitative estimate of drug-likeness (QED) is 0.620. The summed E-state index contributed by atoms with van der Waals surface area (Å²) in [6, 6.07) is 9.33. The number of carbonyl (C=O) groups is 1. The lowest BCUT2D eigenvalue weighted by Gasteiger charge is -2.68. The second kappa shape index (κ2) is 7.22. The minimum Gasteiger partial charge on any atom is -0.369 e. The lowest BCUT2D eigenvalue weighted by Crippen LogP contribution is -2.68. The molecule has 3 nitrogen and oxygen atoms in total. The maximum absolute atomic E-state index is 14.3. The Hall–Kier alpha value is -2.08. The average Bonchev–Trinajstić information content (AvgIpc) is 2.67. The third kappa shape index (κ3) is 3.34. The Kier molecular flexibility index (Phi) is 4.85. The number of carbonyl (C=O) groups excluding carboxylic acids is 1. The van der Waals surface area contributed by atoms with Gasteiger partial charge in [0.25, 0.3) is 0 Å². The van der Waals surface area contributed by atoms with E-state index in [1.807, 2.05) is 13.0 Å². The molecule has 3 fully saturated rings. The van der Waals surface area contributed by atoms with Crippen molar-refractivity contribution in [3.8, 4) is 0 Å². The van der Waals surface area contributed by atoms with Crippen molar-refractivity contribution in [2.75, 3.05) is 17.2 Å². The fourth-order valence-electron chi connectivity index (χ4n) is 6.11. The van der Waals surface area contributed by atoms with Crippen LogP contribution in [0.25, 0.3) is 0 Å². The molecule has 0 spiro atoms. The molecule has 3 aliphatic carbocycles. The fraction of sp³-hybridized carbons (Fsp3) is 0.480. The van der Waals surface area contributed by atoms with Crippen LogP contribution in [0.2, 0.25) is 0 Å². The summed E-state index contributed by atoms with van der Waals surface area (Å²) < 4.78 is 27.8. The van der Waals surface area contributed by atoms with Crippen molar-refractivity contribution in [2.24, 2.45) is 11.1 Å². The molecular weight excluding hydrogens is 414 g/mol. The lowest BCUT2D eigenvalue weighted by molar-refractivity contribution is -0.224. The summed E-state index contributed by atoms with van der Waals surface area (Å²) in [5.41, 5.74) is 9.89. The van der Waals surface area contributed by atoms with Crippen LogP contribution in [0, 0.1) is 18.2 Å². The second-order valence-electron chi connectivity index (χ2n) is 9.57. The minimum atomic E-state index is -1.07. The van der Waals surface area contributed by atoms with Gasteiger partial charge in [-0.15, -0.1) is 11.8 Å². The smallest absolute Gasteiger partial charge is 0.225 e. The normalized spacial score (nSPS) is 27.2. The first kappa shape index (κ1) is 20.8. The van der Waals surface area contributed by atoms with Crippen LogP contribution in [-0.2, 0) is 17.8 Å². The summed E-state index contributed by atoms with van der Waals surface area (Å²) in [5, 5.41) is 0. The Bertz CT molecular complexity index is 1050. The molecule has 6 heteroatoms. The highest BCUT2D eigenvalue weighted by Gasteiger charge is 2.73. The third-order valence-corrected chi connectivity index (χ3v) is 8.31. The Balaban J connectivity index is 1.50. The van der Waals surface area contributed by atoms with Crippen LogP contribution < -0.4 is 10.6 Å². The molecule has 1 aliphatic heterocycles. The number of aryl methyl sites for hydroxylation is 1. The number of rotatable bonds is 6. The number of fused-ring (bicyclic) bond motifs is 1. The summed E-state index contributed by atoms with van der Waals surface area (Å²) in [4.78, 5) is 16.0. The first-order valence-corrected chi connectivity index (χ1v) is 12.0.